The van der Waals surface area contributed by atoms with Crippen LogP contribution >= 0.6 is 0 Å². The summed E-state index contributed by atoms with van der Waals surface area (Å²) in [6.07, 6.45) is -0.654. The molecule has 0 saturated heterocycles. The zero-order valence-electron chi connectivity index (χ0n) is 13.6. The predicted octanol–water partition coefficient (Wildman–Crippen LogP) is 4.10. The molecule has 2 rings (SSSR count). The lowest BCUT2D eigenvalue weighted by Crippen LogP contribution is -2.30. The van der Waals surface area contributed by atoms with Gasteiger partial charge in [-0.3, -0.25) is 9.59 Å². The number of rotatable bonds is 6. The molecular weight excluding hydrogens is 335 g/mol. The van der Waals surface area contributed by atoms with Gasteiger partial charge in [-0.05, 0) is 43.3 Å². The fourth-order valence-corrected chi connectivity index (χ4v) is 2.04. The molecule has 7 heteroatoms. The zero-order chi connectivity index (χ0) is 18.6. The number of ether oxygens (including phenoxy) is 1. The van der Waals surface area contributed by atoms with Gasteiger partial charge in [0.15, 0.2) is 29.3 Å². The topological polar surface area (TPSA) is 55.4 Å². The van der Waals surface area contributed by atoms with Crippen molar-refractivity contribution in [3.05, 3.63) is 59.4 Å². The molecule has 0 aromatic heterocycles. The van der Waals surface area contributed by atoms with E-state index in [-0.39, 0.29) is 5.78 Å². The van der Waals surface area contributed by atoms with Gasteiger partial charge >= 0.3 is 0 Å². The molecule has 1 amide bonds. The quantitative estimate of drug-likeness (QED) is 0.630. The molecule has 132 valence electrons. The van der Waals surface area contributed by atoms with Crippen molar-refractivity contribution in [2.75, 3.05) is 5.32 Å². The summed E-state index contributed by atoms with van der Waals surface area (Å²) in [5, 5.41) is 2.14. The van der Waals surface area contributed by atoms with Crippen molar-refractivity contribution < 1.29 is 27.5 Å². The molecule has 0 radical (unpaired) electrons. The number of Topliss-reactive ketones (excluding diaryl/α,β-unsaturated/α-hetero) is 1. The largest absolute Gasteiger partial charge is 0.481 e. The molecule has 1 N–H and O–H groups in total. The van der Waals surface area contributed by atoms with Crippen LogP contribution in [0.4, 0.5) is 18.9 Å². The molecule has 2 aromatic rings. The monoisotopic (exact) mass is 351 g/mol. The summed E-state index contributed by atoms with van der Waals surface area (Å²) in [6, 6.07) is 7.84. The van der Waals surface area contributed by atoms with Gasteiger partial charge in [-0.2, -0.15) is 0 Å². The minimum atomic E-state index is -1.66. The van der Waals surface area contributed by atoms with Gasteiger partial charge < -0.3 is 10.1 Å². The van der Waals surface area contributed by atoms with Gasteiger partial charge in [0, 0.05) is 12.0 Å². The third-order valence-electron chi connectivity index (χ3n) is 3.47. The van der Waals surface area contributed by atoms with Gasteiger partial charge in [-0.25, -0.2) is 13.2 Å². The van der Waals surface area contributed by atoms with Gasteiger partial charge in [-0.15, -0.1) is 0 Å². The predicted molar refractivity (Wildman–Crippen MR) is 86.1 cm³/mol. The van der Waals surface area contributed by atoms with E-state index in [1.54, 1.807) is 19.1 Å². The number of amides is 1. The molecule has 0 saturated carbocycles. The zero-order valence-corrected chi connectivity index (χ0v) is 13.6. The Morgan fingerprint density at radius 2 is 1.68 bits per heavy atom. The summed E-state index contributed by atoms with van der Waals surface area (Å²) in [4.78, 5) is 23.6. The molecule has 0 aliphatic carbocycles. The highest BCUT2D eigenvalue weighted by Gasteiger charge is 2.19. The Hall–Kier alpha value is -2.83. The first-order valence-corrected chi connectivity index (χ1v) is 7.57. The van der Waals surface area contributed by atoms with Crippen LogP contribution in [0.15, 0.2) is 36.4 Å². The Kier molecular flexibility index (Phi) is 5.80. The Morgan fingerprint density at radius 1 is 1.04 bits per heavy atom. The molecule has 25 heavy (non-hydrogen) atoms. The van der Waals surface area contributed by atoms with Crippen LogP contribution in [0.3, 0.4) is 0 Å². The normalized spacial score (nSPS) is 11.7. The number of ketones is 1. The van der Waals surface area contributed by atoms with Crippen molar-refractivity contribution in [3.8, 4) is 5.75 Å². The Balaban J connectivity index is 2.03. The second-order valence-corrected chi connectivity index (χ2v) is 5.27. The minimum Gasteiger partial charge on any atom is -0.481 e. The smallest absolute Gasteiger partial charge is 0.265 e. The molecular formula is C18H16F3NO3. The highest BCUT2D eigenvalue weighted by atomic mass is 19.2. The number of halogens is 3. The van der Waals surface area contributed by atoms with Crippen LogP contribution in [0.25, 0.3) is 0 Å². The van der Waals surface area contributed by atoms with E-state index in [0.717, 1.165) is 6.07 Å². The van der Waals surface area contributed by atoms with Gasteiger partial charge in [0.1, 0.15) is 5.75 Å². The van der Waals surface area contributed by atoms with Crippen LogP contribution in [0.5, 0.6) is 5.75 Å². The van der Waals surface area contributed by atoms with Crippen LogP contribution in [-0.4, -0.2) is 17.8 Å². The highest BCUT2D eigenvalue weighted by molar-refractivity contribution is 5.96. The van der Waals surface area contributed by atoms with Crippen LogP contribution in [0.1, 0.15) is 30.6 Å². The first kappa shape index (κ1) is 18.5. The van der Waals surface area contributed by atoms with Crippen molar-refractivity contribution in [1.82, 2.24) is 0 Å². The van der Waals surface area contributed by atoms with Crippen LogP contribution in [0, 0.1) is 17.5 Å². The summed E-state index contributed by atoms with van der Waals surface area (Å²) >= 11 is 0. The van der Waals surface area contributed by atoms with Crippen molar-refractivity contribution >= 4 is 17.4 Å². The van der Waals surface area contributed by atoms with Gasteiger partial charge in [0.2, 0.25) is 0 Å². The second kappa shape index (κ2) is 7.83. The maximum Gasteiger partial charge on any atom is 0.265 e. The van der Waals surface area contributed by atoms with E-state index in [9.17, 15) is 22.8 Å². The van der Waals surface area contributed by atoms with E-state index >= 15 is 0 Å². The summed E-state index contributed by atoms with van der Waals surface area (Å²) in [7, 11) is 0. The summed E-state index contributed by atoms with van der Waals surface area (Å²) in [6.45, 7) is 3.16. The number of carbonyl (C=O) groups excluding carboxylic acids is 2. The van der Waals surface area contributed by atoms with Gasteiger partial charge in [0.25, 0.3) is 5.91 Å². The Labute approximate surface area is 142 Å². The number of nitrogens with one attached hydrogen (secondary N) is 1. The minimum absolute atomic E-state index is 0.0221. The average Bonchev–Trinajstić information content (AvgIpc) is 2.62. The van der Waals surface area contributed by atoms with E-state index in [2.05, 4.69) is 5.32 Å². The van der Waals surface area contributed by atoms with E-state index in [0.29, 0.717) is 23.8 Å². The van der Waals surface area contributed by atoms with E-state index in [1.165, 1.54) is 19.1 Å². The van der Waals surface area contributed by atoms with Crippen molar-refractivity contribution in [2.24, 2.45) is 0 Å². The molecule has 2 aromatic carbocycles. The molecule has 0 heterocycles. The molecule has 0 unspecified atom stereocenters. The number of carbonyl (C=O) groups is 2. The lowest BCUT2D eigenvalue weighted by atomic mass is 10.1. The first-order chi connectivity index (χ1) is 11.8. The van der Waals surface area contributed by atoms with Gasteiger partial charge in [-0.1, -0.05) is 6.92 Å². The maximum atomic E-state index is 13.6. The Bertz CT molecular complexity index is 791. The van der Waals surface area contributed by atoms with E-state index in [1.807, 2.05) is 0 Å². The molecule has 1 atom stereocenters. The summed E-state index contributed by atoms with van der Waals surface area (Å²) < 4.78 is 45.0. The number of hydrogen-bond acceptors (Lipinski definition) is 3. The Morgan fingerprint density at radius 3 is 2.28 bits per heavy atom. The average molecular weight is 351 g/mol. The third-order valence-corrected chi connectivity index (χ3v) is 3.47. The maximum absolute atomic E-state index is 13.6. The highest BCUT2D eigenvalue weighted by Crippen LogP contribution is 2.20. The molecule has 0 aliphatic heterocycles. The van der Waals surface area contributed by atoms with Crippen molar-refractivity contribution in [2.45, 2.75) is 26.4 Å². The van der Waals surface area contributed by atoms with Crippen LogP contribution < -0.4 is 10.1 Å². The second-order valence-electron chi connectivity index (χ2n) is 5.27. The molecule has 0 fully saturated rings. The van der Waals surface area contributed by atoms with E-state index in [4.69, 9.17) is 4.74 Å². The molecule has 0 bridgehead atoms. The molecule has 0 spiro atoms. The molecule has 0 aliphatic rings. The lowest BCUT2D eigenvalue weighted by Gasteiger charge is -2.15. The SMILES string of the molecule is CCC(=O)c1ccc(O[C@H](C)C(=O)Nc2ccc(F)c(F)c2F)cc1. The standard InChI is InChI=1S/C18H16F3NO3/c1-3-15(23)11-4-6-12(7-5-11)25-10(2)18(24)22-14-9-8-13(19)16(20)17(14)21/h4-10H,3H2,1-2H3,(H,22,24)/t10-/m1/s1. The van der Waals surface area contributed by atoms with Crippen molar-refractivity contribution in [1.29, 1.82) is 0 Å². The lowest BCUT2D eigenvalue weighted by molar-refractivity contribution is -0.122. The number of anilines is 1. The first-order valence-electron chi connectivity index (χ1n) is 7.57. The fourth-order valence-electron chi connectivity index (χ4n) is 2.04. The third kappa shape index (κ3) is 4.37. The molecule has 4 nitrogen and oxygen atoms in total. The summed E-state index contributed by atoms with van der Waals surface area (Å²) in [5.41, 5.74) is 0.0408. The number of hydrogen-bond donors (Lipinski definition) is 1. The van der Waals surface area contributed by atoms with Crippen molar-refractivity contribution in [3.63, 3.8) is 0 Å². The number of benzene rings is 2. The van der Waals surface area contributed by atoms with E-state index < -0.39 is 35.2 Å². The van der Waals surface area contributed by atoms with Crippen LogP contribution in [0.2, 0.25) is 0 Å². The summed E-state index contributed by atoms with van der Waals surface area (Å²) in [5.74, 6) is -4.92. The van der Waals surface area contributed by atoms with Gasteiger partial charge in [0.05, 0.1) is 5.69 Å². The fraction of sp³-hybridized carbons (Fsp3) is 0.222. The van der Waals surface area contributed by atoms with Crippen LogP contribution in [-0.2, 0) is 4.79 Å².